The molecule has 4 aromatic carbocycles. The number of hydrazone groups is 1. The average Bonchev–Trinajstić information content (AvgIpc) is 3.42. The first kappa shape index (κ1) is 27.9. The smallest absolute Gasteiger partial charge is 0.271 e. The van der Waals surface area contributed by atoms with Crippen LogP contribution in [0.4, 0.5) is 5.69 Å². The quantitative estimate of drug-likeness (QED) is 0.116. The Balaban J connectivity index is 1.22. The van der Waals surface area contributed by atoms with Crippen molar-refractivity contribution in [3.63, 3.8) is 0 Å². The lowest BCUT2D eigenvalue weighted by Crippen LogP contribution is -2.17. The first-order valence-electron chi connectivity index (χ1n) is 13.1. The number of non-ortho nitro benzene ring substituents is 1. The Morgan fingerprint density at radius 1 is 0.929 bits per heavy atom. The summed E-state index contributed by atoms with van der Waals surface area (Å²) in [5, 5.41) is 15.1. The number of hydrogen-bond donors (Lipinski definition) is 1. The van der Waals surface area contributed by atoms with Crippen LogP contribution in [0.2, 0.25) is 0 Å². The summed E-state index contributed by atoms with van der Waals surface area (Å²) >= 11 is 0. The topological polar surface area (TPSA) is 108 Å². The van der Waals surface area contributed by atoms with Crippen LogP contribution in [0.1, 0.15) is 27.2 Å². The lowest BCUT2D eigenvalue weighted by molar-refractivity contribution is -0.384. The summed E-state index contributed by atoms with van der Waals surface area (Å²) in [7, 11) is 1.51. The van der Waals surface area contributed by atoms with Gasteiger partial charge in [0, 0.05) is 29.1 Å². The van der Waals surface area contributed by atoms with E-state index in [2.05, 4.69) is 39.4 Å². The number of nitrogens with one attached hydrogen (secondary N) is 1. The minimum absolute atomic E-state index is 0.000748. The molecule has 5 rings (SSSR count). The number of rotatable bonds is 10. The van der Waals surface area contributed by atoms with E-state index in [0.717, 1.165) is 22.6 Å². The minimum atomic E-state index is -0.446. The van der Waals surface area contributed by atoms with Crippen molar-refractivity contribution >= 4 is 17.8 Å². The number of amides is 1. The number of aryl methyl sites for hydroxylation is 1. The van der Waals surface area contributed by atoms with Gasteiger partial charge in [-0.1, -0.05) is 42.5 Å². The zero-order valence-electron chi connectivity index (χ0n) is 23.1. The molecule has 0 fully saturated rings. The van der Waals surface area contributed by atoms with Crippen molar-refractivity contribution in [2.75, 3.05) is 7.11 Å². The van der Waals surface area contributed by atoms with Crippen LogP contribution >= 0.6 is 0 Å². The molecule has 0 radical (unpaired) electrons. The summed E-state index contributed by atoms with van der Waals surface area (Å²) in [5.41, 5.74) is 8.61. The zero-order valence-corrected chi connectivity index (χ0v) is 23.1. The molecular weight excluding hydrogens is 532 g/mol. The fourth-order valence-corrected chi connectivity index (χ4v) is 4.51. The second-order valence-electron chi connectivity index (χ2n) is 9.43. The molecule has 0 bridgehead atoms. The maximum absolute atomic E-state index is 12.7. The highest BCUT2D eigenvalue weighted by molar-refractivity contribution is 5.95. The molecule has 0 spiro atoms. The summed E-state index contributed by atoms with van der Waals surface area (Å²) in [6.45, 7) is 2.19. The highest BCUT2D eigenvalue weighted by Gasteiger charge is 2.12. The van der Waals surface area contributed by atoms with Crippen LogP contribution in [0.3, 0.4) is 0 Å². The largest absolute Gasteiger partial charge is 0.493 e. The van der Waals surface area contributed by atoms with Crippen LogP contribution < -0.4 is 14.9 Å². The number of methoxy groups -OCH3 is 1. The number of nitrogens with zero attached hydrogens (tertiary/aromatic N) is 3. The van der Waals surface area contributed by atoms with Gasteiger partial charge in [0.05, 0.1) is 23.9 Å². The van der Waals surface area contributed by atoms with E-state index < -0.39 is 4.92 Å². The molecule has 0 aliphatic heterocycles. The number of carbonyl (C=O) groups is 1. The lowest BCUT2D eigenvalue weighted by Gasteiger charge is -2.13. The molecule has 1 amide bonds. The lowest BCUT2D eigenvalue weighted by atomic mass is 10.1. The Labute approximate surface area is 242 Å². The standard InChI is InChI=1S/C33H28N4O5/c1-23-11-17-30(26-8-4-3-5-9-26)36(23)28-15-13-27(14-16-28)33(38)35-34-21-24-12-18-31(32(20-24)41-2)42-22-25-7-6-10-29(19-25)37(39)40/h3-21H,22H2,1-2H3,(H,35,38)/b34-21+. The molecule has 0 atom stereocenters. The van der Waals surface area contributed by atoms with E-state index in [9.17, 15) is 14.9 Å². The molecular formula is C33H28N4O5. The van der Waals surface area contributed by atoms with Crippen molar-refractivity contribution in [3.05, 3.63) is 142 Å². The molecule has 1 N–H and O–H groups in total. The molecule has 0 aliphatic carbocycles. The number of hydrogen-bond acceptors (Lipinski definition) is 6. The fraction of sp³-hybridized carbons (Fsp3) is 0.0909. The molecule has 5 aromatic rings. The first-order valence-corrected chi connectivity index (χ1v) is 13.1. The van der Waals surface area contributed by atoms with Gasteiger partial charge in [-0.2, -0.15) is 5.10 Å². The minimum Gasteiger partial charge on any atom is -0.493 e. The van der Waals surface area contributed by atoms with Gasteiger partial charge in [-0.05, 0) is 78.2 Å². The highest BCUT2D eigenvalue weighted by atomic mass is 16.6. The van der Waals surface area contributed by atoms with Gasteiger partial charge in [-0.3, -0.25) is 14.9 Å². The molecule has 0 saturated heterocycles. The van der Waals surface area contributed by atoms with Crippen molar-refractivity contribution in [3.8, 4) is 28.4 Å². The van der Waals surface area contributed by atoms with Crippen LogP contribution in [-0.4, -0.2) is 28.7 Å². The maximum Gasteiger partial charge on any atom is 0.271 e. The van der Waals surface area contributed by atoms with Crippen LogP contribution in [0.25, 0.3) is 16.9 Å². The van der Waals surface area contributed by atoms with E-state index in [0.29, 0.717) is 28.2 Å². The van der Waals surface area contributed by atoms with Gasteiger partial charge in [0.25, 0.3) is 11.6 Å². The predicted octanol–water partition coefficient (Wildman–Crippen LogP) is 6.71. The van der Waals surface area contributed by atoms with Crippen molar-refractivity contribution < 1.29 is 19.2 Å². The first-order chi connectivity index (χ1) is 20.4. The number of carbonyl (C=O) groups excluding carboxylic acids is 1. The van der Waals surface area contributed by atoms with Gasteiger partial charge in [-0.25, -0.2) is 5.43 Å². The number of nitro groups is 1. The van der Waals surface area contributed by atoms with Gasteiger partial charge in [-0.15, -0.1) is 0 Å². The Hall–Kier alpha value is -5.70. The van der Waals surface area contributed by atoms with Crippen molar-refractivity contribution in [2.24, 2.45) is 5.10 Å². The SMILES string of the molecule is COc1cc(/C=N/NC(=O)c2ccc(-n3c(C)ccc3-c3ccccc3)cc2)ccc1OCc1cccc([N+](=O)[O-])c1. The number of benzene rings is 4. The molecule has 9 heteroatoms. The third kappa shape index (κ3) is 6.37. The fourth-order valence-electron chi connectivity index (χ4n) is 4.51. The van der Waals surface area contributed by atoms with E-state index in [-0.39, 0.29) is 18.2 Å². The third-order valence-corrected chi connectivity index (χ3v) is 6.62. The van der Waals surface area contributed by atoms with Crippen molar-refractivity contribution in [2.45, 2.75) is 13.5 Å². The number of aromatic nitrogens is 1. The van der Waals surface area contributed by atoms with Crippen LogP contribution in [0.5, 0.6) is 11.5 Å². The summed E-state index contributed by atoms with van der Waals surface area (Å²) in [5.74, 6) is 0.592. The normalized spacial score (nSPS) is 10.9. The van der Waals surface area contributed by atoms with E-state index in [4.69, 9.17) is 9.47 Å². The highest BCUT2D eigenvalue weighted by Crippen LogP contribution is 2.29. The van der Waals surface area contributed by atoms with Gasteiger partial charge < -0.3 is 14.0 Å². The van der Waals surface area contributed by atoms with E-state index >= 15 is 0 Å². The Kier molecular flexibility index (Phi) is 8.39. The van der Waals surface area contributed by atoms with Crippen molar-refractivity contribution in [1.29, 1.82) is 0 Å². The summed E-state index contributed by atoms with van der Waals surface area (Å²) in [6.07, 6.45) is 1.51. The molecule has 0 unspecified atom stereocenters. The Morgan fingerprint density at radius 3 is 2.45 bits per heavy atom. The summed E-state index contributed by atoms with van der Waals surface area (Å²) in [4.78, 5) is 23.3. The van der Waals surface area contributed by atoms with Crippen molar-refractivity contribution in [1.82, 2.24) is 9.99 Å². The third-order valence-electron chi connectivity index (χ3n) is 6.62. The molecule has 1 aromatic heterocycles. The van der Waals surface area contributed by atoms with Gasteiger partial charge in [0.2, 0.25) is 0 Å². The summed E-state index contributed by atoms with van der Waals surface area (Å²) < 4.78 is 13.4. The van der Waals surface area contributed by atoms with Gasteiger partial charge >= 0.3 is 0 Å². The second-order valence-corrected chi connectivity index (χ2v) is 9.43. The molecule has 210 valence electrons. The maximum atomic E-state index is 12.7. The van der Waals surface area contributed by atoms with Gasteiger partial charge in [0.1, 0.15) is 6.61 Å². The van der Waals surface area contributed by atoms with E-state index in [1.807, 2.05) is 37.3 Å². The molecule has 9 nitrogen and oxygen atoms in total. The molecule has 0 aliphatic rings. The van der Waals surface area contributed by atoms with Gasteiger partial charge in [0.15, 0.2) is 11.5 Å². The number of ether oxygens (including phenoxy) is 2. The Morgan fingerprint density at radius 2 is 1.71 bits per heavy atom. The molecule has 0 saturated carbocycles. The second kappa shape index (κ2) is 12.6. The Bertz CT molecular complexity index is 1740. The number of nitro benzene ring substituents is 1. The monoisotopic (exact) mass is 560 g/mol. The molecule has 42 heavy (non-hydrogen) atoms. The molecule has 1 heterocycles. The van der Waals surface area contributed by atoms with Crippen LogP contribution in [0, 0.1) is 17.0 Å². The zero-order chi connectivity index (χ0) is 29.5. The van der Waals surface area contributed by atoms with E-state index in [1.165, 1.54) is 25.5 Å². The van der Waals surface area contributed by atoms with Crippen LogP contribution in [-0.2, 0) is 6.61 Å². The average molecular weight is 561 g/mol. The summed E-state index contributed by atoms with van der Waals surface area (Å²) in [6, 6.07) is 33.1. The predicted molar refractivity (Wildman–Crippen MR) is 161 cm³/mol. The van der Waals surface area contributed by atoms with Crippen LogP contribution in [0.15, 0.2) is 114 Å². The van der Waals surface area contributed by atoms with E-state index in [1.54, 1.807) is 42.5 Å².